The van der Waals surface area contributed by atoms with Crippen molar-refractivity contribution in [3.8, 4) is 0 Å². The zero-order valence-electron chi connectivity index (χ0n) is 16.3. The van der Waals surface area contributed by atoms with Gasteiger partial charge in [0.25, 0.3) is 11.8 Å². The minimum atomic E-state index is -4.42. The molecule has 1 saturated heterocycles. The van der Waals surface area contributed by atoms with Crippen LogP contribution in [0.2, 0.25) is 0 Å². The fourth-order valence-electron chi connectivity index (χ4n) is 3.57. The van der Waals surface area contributed by atoms with Gasteiger partial charge in [0.2, 0.25) is 0 Å². The molecule has 0 unspecified atom stereocenters. The lowest BCUT2D eigenvalue weighted by Gasteiger charge is -2.21. The van der Waals surface area contributed by atoms with Crippen molar-refractivity contribution in [1.29, 1.82) is 0 Å². The molecule has 162 valence electrons. The smallest absolute Gasteiger partial charge is 0.354 e. The van der Waals surface area contributed by atoms with Gasteiger partial charge in [-0.15, -0.1) is 0 Å². The van der Waals surface area contributed by atoms with Gasteiger partial charge >= 0.3 is 11.5 Å². The number of benzene rings is 1. The van der Waals surface area contributed by atoms with E-state index in [1.54, 1.807) is 12.1 Å². The number of imide groups is 1. The van der Waals surface area contributed by atoms with Crippen molar-refractivity contribution >= 4 is 35.3 Å². The number of anilines is 1. The number of nitrogens with zero attached hydrogens (tertiary/aromatic N) is 3. The highest BCUT2D eigenvalue weighted by Gasteiger charge is 2.65. The number of urea groups is 1. The van der Waals surface area contributed by atoms with E-state index in [0.29, 0.717) is 18.4 Å². The first-order chi connectivity index (χ1) is 14.6. The fraction of sp³-hybridized carbons (Fsp3) is 0.300. The quantitative estimate of drug-likeness (QED) is 0.557. The summed E-state index contributed by atoms with van der Waals surface area (Å²) in [6.07, 6.45) is 2.46. The largest absolute Gasteiger partial charge is 0.446 e. The molecule has 1 spiro atoms. The number of alkyl halides is 3. The van der Waals surface area contributed by atoms with Gasteiger partial charge in [0.05, 0.1) is 5.69 Å². The zero-order valence-corrected chi connectivity index (χ0v) is 17.1. The van der Waals surface area contributed by atoms with Crippen LogP contribution < -0.4 is 10.2 Å². The topological polar surface area (TPSA) is 82.6 Å². The molecular weight excluding hydrogens is 433 g/mol. The molecule has 1 saturated carbocycles. The van der Waals surface area contributed by atoms with Crippen LogP contribution in [0, 0.1) is 0 Å². The van der Waals surface area contributed by atoms with Gasteiger partial charge in [-0.1, -0.05) is 0 Å². The number of hydrogen-bond donors (Lipinski definition) is 1. The zero-order chi connectivity index (χ0) is 22.4. The SMILES string of the molecule is CNC(=O)c1cc(CN2C(=O)N(c3ccc(SC(F)(F)F)cc3)C(=O)C23CC3)ccn1. The van der Waals surface area contributed by atoms with E-state index in [1.165, 1.54) is 42.4 Å². The Morgan fingerprint density at radius 3 is 2.45 bits per heavy atom. The van der Waals surface area contributed by atoms with Gasteiger partial charge in [-0.05, 0) is 66.6 Å². The lowest BCUT2D eigenvalue weighted by atomic mass is 10.1. The first kappa shape index (κ1) is 21.2. The Labute approximate surface area is 179 Å². The van der Waals surface area contributed by atoms with Crippen LogP contribution in [-0.4, -0.2) is 45.8 Å². The summed E-state index contributed by atoms with van der Waals surface area (Å²) in [5, 5.41) is 2.48. The summed E-state index contributed by atoms with van der Waals surface area (Å²) < 4.78 is 37.6. The number of rotatable bonds is 5. The maximum Gasteiger partial charge on any atom is 0.446 e. The Morgan fingerprint density at radius 1 is 1.19 bits per heavy atom. The van der Waals surface area contributed by atoms with Crippen molar-refractivity contribution in [2.75, 3.05) is 11.9 Å². The second kappa shape index (κ2) is 7.56. The summed E-state index contributed by atoms with van der Waals surface area (Å²) in [7, 11) is 1.48. The normalized spacial score (nSPS) is 17.4. The number of aromatic nitrogens is 1. The Balaban J connectivity index is 1.58. The molecule has 1 aliphatic heterocycles. The molecule has 11 heteroatoms. The molecule has 0 atom stereocenters. The van der Waals surface area contributed by atoms with Crippen molar-refractivity contribution in [1.82, 2.24) is 15.2 Å². The van der Waals surface area contributed by atoms with Crippen LogP contribution in [0.5, 0.6) is 0 Å². The third-order valence-corrected chi connectivity index (χ3v) is 5.96. The van der Waals surface area contributed by atoms with E-state index in [2.05, 4.69) is 10.3 Å². The molecule has 2 aliphatic rings. The van der Waals surface area contributed by atoms with Crippen LogP contribution in [0.3, 0.4) is 0 Å². The highest BCUT2D eigenvalue weighted by Crippen LogP contribution is 2.50. The van der Waals surface area contributed by atoms with Crippen LogP contribution >= 0.6 is 11.8 Å². The molecule has 31 heavy (non-hydrogen) atoms. The van der Waals surface area contributed by atoms with Crippen molar-refractivity contribution < 1.29 is 27.6 Å². The first-order valence-corrected chi connectivity index (χ1v) is 10.2. The highest BCUT2D eigenvalue weighted by molar-refractivity contribution is 8.00. The van der Waals surface area contributed by atoms with Crippen molar-refractivity contribution in [2.24, 2.45) is 0 Å². The summed E-state index contributed by atoms with van der Waals surface area (Å²) in [6, 6.07) is 7.80. The number of nitrogens with one attached hydrogen (secondary N) is 1. The molecule has 2 heterocycles. The van der Waals surface area contributed by atoms with Crippen molar-refractivity contribution in [3.63, 3.8) is 0 Å². The molecular formula is C20H17F3N4O3S. The lowest BCUT2D eigenvalue weighted by molar-refractivity contribution is -0.120. The van der Waals surface area contributed by atoms with Crippen molar-refractivity contribution in [3.05, 3.63) is 53.9 Å². The number of amides is 4. The fourth-order valence-corrected chi connectivity index (χ4v) is 4.11. The predicted octanol–water partition coefficient (Wildman–Crippen LogP) is 3.55. The summed E-state index contributed by atoms with van der Waals surface area (Å²) >= 11 is -0.264. The number of hydrogen-bond acceptors (Lipinski definition) is 5. The Hall–Kier alpha value is -3.08. The number of pyridine rings is 1. The van der Waals surface area contributed by atoms with E-state index < -0.39 is 23.0 Å². The minimum Gasteiger partial charge on any atom is -0.354 e. The van der Waals surface area contributed by atoms with Gasteiger partial charge in [-0.3, -0.25) is 14.6 Å². The molecule has 1 aromatic carbocycles. The summed E-state index contributed by atoms with van der Waals surface area (Å²) in [4.78, 5) is 44.4. The molecule has 4 rings (SSSR count). The van der Waals surface area contributed by atoms with E-state index in [-0.39, 0.29) is 40.5 Å². The Kier molecular flexibility index (Phi) is 5.16. The van der Waals surface area contributed by atoms with E-state index in [0.717, 1.165) is 4.90 Å². The molecule has 7 nitrogen and oxygen atoms in total. The van der Waals surface area contributed by atoms with Gasteiger partial charge in [0.15, 0.2) is 0 Å². The molecule has 1 N–H and O–H groups in total. The van der Waals surface area contributed by atoms with Crippen molar-refractivity contribution in [2.45, 2.75) is 35.3 Å². The molecule has 4 amide bonds. The minimum absolute atomic E-state index is 0.0353. The monoisotopic (exact) mass is 450 g/mol. The van der Waals surface area contributed by atoms with Crippen LogP contribution in [0.15, 0.2) is 47.5 Å². The highest BCUT2D eigenvalue weighted by atomic mass is 32.2. The Bertz CT molecular complexity index is 1050. The average molecular weight is 450 g/mol. The third-order valence-electron chi connectivity index (χ3n) is 5.22. The van der Waals surface area contributed by atoms with E-state index in [9.17, 15) is 27.6 Å². The average Bonchev–Trinajstić information content (AvgIpc) is 3.50. The maximum absolute atomic E-state index is 13.1. The standard InChI is InChI=1S/C20H17F3N4O3S/c1-24-16(28)15-10-12(6-9-25-15)11-26-18(30)27(17(29)19(26)7-8-19)13-2-4-14(5-3-13)31-20(21,22)23/h2-6,9-10H,7-8,11H2,1H3,(H,24,28). The van der Waals surface area contributed by atoms with Gasteiger partial charge < -0.3 is 10.2 Å². The van der Waals surface area contributed by atoms with E-state index in [4.69, 9.17) is 0 Å². The number of carbonyl (C=O) groups excluding carboxylic acids is 3. The summed E-state index contributed by atoms with van der Waals surface area (Å²) in [5.74, 6) is -0.764. The van der Waals surface area contributed by atoms with Crippen LogP contribution in [0.1, 0.15) is 28.9 Å². The number of halogens is 3. The summed E-state index contributed by atoms with van der Waals surface area (Å²) in [6.45, 7) is 0.107. The first-order valence-electron chi connectivity index (χ1n) is 9.34. The van der Waals surface area contributed by atoms with Gasteiger partial charge in [0, 0.05) is 24.7 Å². The second-order valence-corrected chi connectivity index (χ2v) is 8.35. The molecule has 2 aromatic rings. The predicted molar refractivity (Wildman–Crippen MR) is 106 cm³/mol. The number of carbonyl (C=O) groups is 3. The lowest BCUT2D eigenvalue weighted by Crippen LogP contribution is -2.36. The van der Waals surface area contributed by atoms with Gasteiger partial charge in [0.1, 0.15) is 11.2 Å². The Morgan fingerprint density at radius 2 is 1.87 bits per heavy atom. The van der Waals surface area contributed by atoms with Crippen LogP contribution in [0.25, 0.3) is 0 Å². The summed E-state index contributed by atoms with van der Waals surface area (Å²) in [5.41, 5.74) is -4.32. The third kappa shape index (κ3) is 3.97. The molecule has 1 aromatic heterocycles. The molecule has 0 radical (unpaired) electrons. The van der Waals surface area contributed by atoms with Gasteiger partial charge in [-0.25, -0.2) is 9.69 Å². The van der Waals surface area contributed by atoms with E-state index >= 15 is 0 Å². The van der Waals surface area contributed by atoms with Gasteiger partial charge in [-0.2, -0.15) is 13.2 Å². The van der Waals surface area contributed by atoms with Crippen LogP contribution in [-0.2, 0) is 11.3 Å². The van der Waals surface area contributed by atoms with E-state index in [1.807, 2.05) is 0 Å². The second-order valence-electron chi connectivity index (χ2n) is 7.21. The molecule has 2 fully saturated rings. The molecule has 1 aliphatic carbocycles. The molecule has 0 bridgehead atoms. The van der Waals surface area contributed by atoms with Crippen LogP contribution in [0.4, 0.5) is 23.7 Å². The maximum atomic E-state index is 13.1. The number of thioether (sulfide) groups is 1.